The van der Waals surface area contributed by atoms with E-state index in [1.807, 2.05) is 6.07 Å². The summed E-state index contributed by atoms with van der Waals surface area (Å²) in [5.74, 6) is -0.528. The molecule has 31 heavy (non-hydrogen) atoms. The molecule has 0 radical (unpaired) electrons. The molecule has 1 saturated heterocycles. The van der Waals surface area contributed by atoms with Crippen molar-refractivity contribution in [2.75, 3.05) is 9.80 Å². The van der Waals surface area contributed by atoms with Crippen LogP contribution in [0.5, 0.6) is 0 Å². The minimum atomic E-state index is -4.84. The molecule has 1 aliphatic carbocycles. The predicted octanol–water partition coefficient (Wildman–Crippen LogP) is 4.90. The Hall–Kier alpha value is -3.43. The largest absolute Gasteiger partial charge is 0.419 e. The fourth-order valence-corrected chi connectivity index (χ4v) is 4.91. The molecule has 0 bridgehead atoms. The van der Waals surface area contributed by atoms with Gasteiger partial charge in [0, 0.05) is 5.69 Å². The van der Waals surface area contributed by atoms with Crippen LogP contribution < -0.4 is 9.80 Å². The summed E-state index contributed by atoms with van der Waals surface area (Å²) in [4.78, 5) is 16.1. The molecule has 1 spiro atoms. The highest BCUT2D eigenvalue weighted by Crippen LogP contribution is 2.48. The lowest BCUT2D eigenvalue weighted by Crippen LogP contribution is -2.47. The van der Waals surface area contributed by atoms with Crippen LogP contribution in [-0.2, 0) is 11.0 Å². The lowest BCUT2D eigenvalue weighted by Gasteiger charge is -2.32. The summed E-state index contributed by atoms with van der Waals surface area (Å²) < 4.78 is 41.7. The number of carbonyl (C=O) groups is 1. The molecule has 2 fully saturated rings. The minimum absolute atomic E-state index is 0.0720. The molecular weight excluding hydrogens is 425 g/mol. The van der Waals surface area contributed by atoms with E-state index < -0.39 is 34.4 Å². The number of halogens is 3. The standard InChI is InChI=1S/C22H15F3N4OS/c23-22(24,25)18-15(13-27)4-3-5-17(18)28-19(30)21(10-1-2-11-21)29(20(28)31)16-8-6-14(12-26)7-9-16/h3-9H,1-2,10-11H2. The number of nitrogens with zero attached hydrogens (tertiary/aromatic N) is 4. The number of rotatable bonds is 2. The summed E-state index contributed by atoms with van der Waals surface area (Å²) >= 11 is 5.55. The maximum Gasteiger partial charge on any atom is 0.419 e. The Morgan fingerprint density at radius 3 is 2.19 bits per heavy atom. The number of benzene rings is 2. The van der Waals surface area contributed by atoms with Crippen LogP contribution in [0.15, 0.2) is 42.5 Å². The highest BCUT2D eigenvalue weighted by atomic mass is 32.1. The van der Waals surface area contributed by atoms with Gasteiger partial charge in [-0.1, -0.05) is 18.9 Å². The monoisotopic (exact) mass is 440 g/mol. The second-order valence-electron chi connectivity index (χ2n) is 7.47. The summed E-state index contributed by atoms with van der Waals surface area (Å²) in [5, 5.41) is 18.2. The van der Waals surface area contributed by atoms with Crippen molar-refractivity contribution in [1.82, 2.24) is 0 Å². The van der Waals surface area contributed by atoms with Gasteiger partial charge in [-0.05, 0) is 61.5 Å². The van der Waals surface area contributed by atoms with Crippen molar-refractivity contribution in [3.8, 4) is 12.1 Å². The van der Waals surface area contributed by atoms with Crippen LogP contribution in [0.2, 0.25) is 0 Å². The van der Waals surface area contributed by atoms with E-state index in [2.05, 4.69) is 0 Å². The quantitative estimate of drug-likeness (QED) is 0.622. The molecule has 0 unspecified atom stereocenters. The van der Waals surface area contributed by atoms with Gasteiger partial charge in [0.1, 0.15) is 5.54 Å². The first-order valence-corrected chi connectivity index (χ1v) is 9.94. The summed E-state index contributed by atoms with van der Waals surface area (Å²) in [6.07, 6.45) is -2.48. The van der Waals surface area contributed by atoms with Crippen molar-refractivity contribution in [2.24, 2.45) is 0 Å². The molecule has 4 rings (SSSR count). The number of thiocarbonyl (C=S) groups is 1. The van der Waals surface area contributed by atoms with Crippen LogP contribution >= 0.6 is 12.2 Å². The van der Waals surface area contributed by atoms with Crippen LogP contribution in [0, 0.1) is 22.7 Å². The van der Waals surface area contributed by atoms with Crippen molar-refractivity contribution >= 4 is 34.6 Å². The van der Waals surface area contributed by atoms with E-state index in [1.165, 1.54) is 12.1 Å². The molecule has 2 aromatic carbocycles. The normalized spacial score (nSPS) is 17.8. The first-order chi connectivity index (χ1) is 14.7. The number of anilines is 2. The SMILES string of the molecule is N#Cc1ccc(N2C(=S)N(c3cccc(C#N)c3C(F)(F)F)C(=O)C23CCCC3)cc1. The average Bonchev–Trinajstić information content (AvgIpc) is 3.31. The molecule has 2 aliphatic rings. The fourth-order valence-electron chi connectivity index (χ4n) is 4.44. The van der Waals surface area contributed by atoms with Gasteiger partial charge in [-0.25, -0.2) is 0 Å². The predicted molar refractivity (Wildman–Crippen MR) is 111 cm³/mol. The summed E-state index contributed by atoms with van der Waals surface area (Å²) in [6, 6.07) is 13.5. The molecule has 0 atom stereocenters. The van der Waals surface area contributed by atoms with E-state index in [0.717, 1.165) is 23.8 Å². The Morgan fingerprint density at radius 2 is 1.65 bits per heavy atom. The summed E-state index contributed by atoms with van der Waals surface area (Å²) in [6.45, 7) is 0. The molecule has 156 valence electrons. The maximum atomic E-state index is 13.9. The lowest BCUT2D eigenvalue weighted by atomic mass is 9.94. The number of hydrogen-bond donors (Lipinski definition) is 0. The third-order valence-electron chi connectivity index (χ3n) is 5.78. The van der Waals surface area contributed by atoms with Crippen molar-refractivity contribution in [3.63, 3.8) is 0 Å². The molecule has 5 nitrogen and oxygen atoms in total. The molecule has 1 heterocycles. The summed E-state index contributed by atoms with van der Waals surface area (Å²) in [5.41, 5.74) is -2.33. The highest BCUT2D eigenvalue weighted by Gasteiger charge is 2.58. The third-order valence-corrected chi connectivity index (χ3v) is 6.15. The molecule has 1 saturated carbocycles. The Morgan fingerprint density at radius 1 is 1.00 bits per heavy atom. The van der Waals surface area contributed by atoms with Crippen molar-refractivity contribution < 1.29 is 18.0 Å². The third kappa shape index (κ3) is 3.13. The van der Waals surface area contributed by atoms with Gasteiger partial charge in [-0.3, -0.25) is 9.69 Å². The number of nitriles is 2. The first kappa shape index (κ1) is 20.8. The second-order valence-corrected chi connectivity index (χ2v) is 7.83. The molecule has 0 N–H and O–H groups in total. The van der Waals surface area contributed by atoms with Crippen LogP contribution in [-0.4, -0.2) is 16.6 Å². The van der Waals surface area contributed by atoms with E-state index in [0.29, 0.717) is 24.1 Å². The van der Waals surface area contributed by atoms with E-state index in [4.69, 9.17) is 17.5 Å². The van der Waals surface area contributed by atoms with Gasteiger partial charge in [-0.15, -0.1) is 0 Å². The Balaban J connectivity index is 1.91. The number of amides is 1. The van der Waals surface area contributed by atoms with Crippen molar-refractivity contribution in [3.05, 3.63) is 59.2 Å². The zero-order chi connectivity index (χ0) is 22.4. The van der Waals surface area contributed by atoms with Crippen molar-refractivity contribution in [2.45, 2.75) is 37.4 Å². The Kier molecular flexibility index (Phi) is 4.95. The molecule has 0 aromatic heterocycles. The second kappa shape index (κ2) is 7.36. The van der Waals surface area contributed by atoms with E-state index in [-0.39, 0.29) is 5.11 Å². The number of hydrogen-bond acceptors (Lipinski definition) is 4. The van der Waals surface area contributed by atoms with E-state index in [9.17, 15) is 23.2 Å². The zero-order valence-corrected chi connectivity index (χ0v) is 16.9. The molecule has 1 amide bonds. The van der Waals surface area contributed by atoms with Crippen LogP contribution in [0.25, 0.3) is 0 Å². The van der Waals surface area contributed by atoms with Crippen molar-refractivity contribution in [1.29, 1.82) is 10.5 Å². The van der Waals surface area contributed by atoms with Gasteiger partial charge in [0.25, 0.3) is 5.91 Å². The average molecular weight is 440 g/mol. The van der Waals surface area contributed by atoms with E-state index >= 15 is 0 Å². The van der Waals surface area contributed by atoms with Gasteiger partial charge in [0.15, 0.2) is 5.11 Å². The van der Waals surface area contributed by atoms with Gasteiger partial charge in [-0.2, -0.15) is 23.7 Å². The summed E-state index contributed by atoms with van der Waals surface area (Å²) in [7, 11) is 0. The van der Waals surface area contributed by atoms with Gasteiger partial charge in [0.2, 0.25) is 0 Å². The number of alkyl halides is 3. The van der Waals surface area contributed by atoms with Gasteiger partial charge in [0.05, 0.1) is 34.5 Å². The van der Waals surface area contributed by atoms with Crippen LogP contribution in [0.1, 0.15) is 42.4 Å². The lowest BCUT2D eigenvalue weighted by molar-refractivity contribution is -0.137. The Labute approximate surface area is 181 Å². The molecular formula is C22H15F3N4OS. The van der Waals surface area contributed by atoms with E-state index in [1.54, 1.807) is 35.2 Å². The topological polar surface area (TPSA) is 71.1 Å². The van der Waals surface area contributed by atoms with Gasteiger partial charge < -0.3 is 4.90 Å². The highest BCUT2D eigenvalue weighted by molar-refractivity contribution is 7.81. The Bertz CT molecular complexity index is 1160. The molecule has 9 heteroatoms. The van der Waals surface area contributed by atoms with Gasteiger partial charge >= 0.3 is 6.18 Å². The molecule has 2 aromatic rings. The van der Waals surface area contributed by atoms with Crippen LogP contribution in [0.4, 0.5) is 24.5 Å². The molecule has 1 aliphatic heterocycles. The van der Waals surface area contributed by atoms with Crippen LogP contribution in [0.3, 0.4) is 0 Å². The first-order valence-electron chi connectivity index (χ1n) is 9.54. The fraction of sp³-hybridized carbons (Fsp3) is 0.273. The maximum absolute atomic E-state index is 13.9. The number of carbonyl (C=O) groups excluding carboxylic acids is 1. The minimum Gasteiger partial charge on any atom is -0.303 e. The smallest absolute Gasteiger partial charge is 0.303 e. The zero-order valence-electron chi connectivity index (χ0n) is 16.1.